The number of alkyl halides is 2. The van der Waals surface area contributed by atoms with Crippen LogP contribution in [0.15, 0.2) is 109 Å². The third-order valence-electron chi connectivity index (χ3n) is 13.3. The van der Waals surface area contributed by atoms with E-state index in [0.29, 0.717) is 65.0 Å². The number of likely N-dealkylation sites (tertiary alicyclic amines) is 1. The number of esters is 1. The Kier molecular flexibility index (Phi) is 15.0. The average molecular weight is 986 g/mol. The van der Waals surface area contributed by atoms with Crippen molar-refractivity contribution in [2.24, 2.45) is 11.8 Å². The first-order chi connectivity index (χ1) is 33.4. The molecule has 4 aromatic carbocycles. The highest BCUT2D eigenvalue weighted by molar-refractivity contribution is 6.35. The molecule has 362 valence electrons. The van der Waals surface area contributed by atoms with Gasteiger partial charge in [0, 0.05) is 30.6 Å². The number of carbonyl (C=O) groups is 3. The Morgan fingerprint density at radius 3 is 2.23 bits per heavy atom. The number of hydrogen-bond acceptors (Lipinski definition) is 10. The van der Waals surface area contributed by atoms with E-state index in [2.05, 4.69) is 10.2 Å². The van der Waals surface area contributed by atoms with Gasteiger partial charge in [0.15, 0.2) is 23.9 Å². The normalized spacial score (nSPS) is 20.5. The van der Waals surface area contributed by atoms with Crippen LogP contribution >= 0.6 is 23.2 Å². The predicted molar refractivity (Wildman–Crippen MR) is 251 cm³/mol. The first kappa shape index (κ1) is 47.9. The van der Waals surface area contributed by atoms with Crippen molar-refractivity contribution in [3.8, 4) is 17.2 Å². The van der Waals surface area contributed by atoms with Crippen LogP contribution < -0.4 is 24.3 Å². The van der Waals surface area contributed by atoms with Crippen LogP contribution in [0.2, 0.25) is 10.0 Å². The summed E-state index contributed by atoms with van der Waals surface area (Å²) in [4.78, 5) is 45.4. The Labute approximate surface area is 408 Å². The van der Waals surface area contributed by atoms with Gasteiger partial charge in [0.2, 0.25) is 0 Å². The minimum absolute atomic E-state index is 0.0314. The number of benzene rings is 4. The molecule has 5 aliphatic rings. The first-order valence-corrected chi connectivity index (χ1v) is 24.1. The Morgan fingerprint density at radius 1 is 0.797 bits per heavy atom. The van der Waals surface area contributed by atoms with E-state index in [1.54, 1.807) is 24.3 Å². The molecule has 10 rings (SSSR count). The summed E-state index contributed by atoms with van der Waals surface area (Å²) in [5.74, 6) is 0.0754. The average Bonchev–Trinajstić information content (AvgIpc) is 4.05. The van der Waals surface area contributed by atoms with Gasteiger partial charge >= 0.3 is 18.7 Å². The zero-order chi connectivity index (χ0) is 48.0. The Hall–Kier alpha value is -6.16. The minimum Gasteiger partial charge on any atom is -0.619 e. The van der Waals surface area contributed by atoms with Gasteiger partial charge in [-0.1, -0.05) is 83.9 Å². The molecule has 17 heteroatoms. The largest absolute Gasteiger partial charge is 0.619 e. The maximum atomic E-state index is 14.2. The number of fused-ring (bicyclic) bond motifs is 3. The number of aromatic nitrogens is 1. The van der Waals surface area contributed by atoms with Gasteiger partial charge in [-0.25, -0.2) is 9.59 Å². The van der Waals surface area contributed by atoms with Crippen LogP contribution in [0, 0.1) is 17.0 Å². The van der Waals surface area contributed by atoms with E-state index in [1.165, 1.54) is 23.1 Å². The van der Waals surface area contributed by atoms with E-state index >= 15 is 0 Å². The van der Waals surface area contributed by atoms with Gasteiger partial charge < -0.3 is 39.1 Å². The summed E-state index contributed by atoms with van der Waals surface area (Å²) in [6.45, 7) is 0.546. The number of piperidine rings is 3. The molecule has 5 fully saturated rings. The molecular formula is C52H52Cl2F2N4O9. The zero-order valence-corrected chi connectivity index (χ0v) is 39.2. The van der Waals surface area contributed by atoms with Crippen molar-refractivity contribution in [2.45, 2.75) is 82.5 Å². The number of alkyl carbamates (subject to hydrolysis) is 1. The van der Waals surface area contributed by atoms with E-state index in [-0.39, 0.29) is 46.6 Å². The van der Waals surface area contributed by atoms with Crippen molar-refractivity contribution in [1.82, 2.24) is 15.1 Å². The van der Waals surface area contributed by atoms with Crippen LogP contribution in [0.4, 0.5) is 13.6 Å². The fourth-order valence-electron chi connectivity index (χ4n) is 9.33. The van der Waals surface area contributed by atoms with Crippen molar-refractivity contribution in [1.29, 1.82) is 0 Å². The van der Waals surface area contributed by atoms with Crippen LogP contribution in [0.5, 0.6) is 17.2 Å². The van der Waals surface area contributed by atoms with Crippen LogP contribution in [-0.4, -0.2) is 79.3 Å². The van der Waals surface area contributed by atoms with Crippen LogP contribution in [-0.2, 0) is 27.3 Å². The lowest BCUT2D eigenvalue weighted by Gasteiger charge is -2.43. The lowest BCUT2D eigenvalue weighted by atomic mass is 9.86. The summed E-state index contributed by atoms with van der Waals surface area (Å²) in [7, 11) is 0. The van der Waals surface area contributed by atoms with Gasteiger partial charge in [-0.15, -0.1) is 0 Å². The number of ether oxygens (including phenoxy) is 5. The number of halogens is 4. The lowest BCUT2D eigenvalue weighted by molar-refractivity contribution is -0.605. The fourth-order valence-corrected chi connectivity index (χ4v) is 9.93. The van der Waals surface area contributed by atoms with Gasteiger partial charge in [-0.05, 0) is 122 Å². The Balaban J connectivity index is 0.860. The lowest BCUT2D eigenvalue weighted by Crippen LogP contribution is -2.52. The molecule has 1 aromatic heterocycles. The molecule has 5 heterocycles. The van der Waals surface area contributed by atoms with Crippen molar-refractivity contribution in [3.05, 3.63) is 158 Å². The SMILES string of the molecule is O=C(N[C@@H](c1ccccc1)c1cccc(OCc2ccc(C(=O)N3CCC[C@H]3C(=O)O[C@@H](Cc3c(Cl)c[n+]([O-])cc3Cl)c3ccc(OC(F)F)c(OCC4CC4)c3)cc2)c1)O[C@@H]1CN2CCC1CC2. The molecule has 0 spiro atoms. The Bertz CT molecular complexity index is 2590. The summed E-state index contributed by atoms with van der Waals surface area (Å²) < 4.78 is 56.3. The van der Waals surface area contributed by atoms with Crippen molar-refractivity contribution < 1.29 is 51.6 Å². The zero-order valence-electron chi connectivity index (χ0n) is 37.7. The summed E-state index contributed by atoms with van der Waals surface area (Å²) in [5, 5.41) is 15.2. The van der Waals surface area contributed by atoms with Gasteiger partial charge in [0.05, 0.1) is 12.6 Å². The van der Waals surface area contributed by atoms with E-state index in [9.17, 15) is 28.4 Å². The molecule has 2 amide bonds. The van der Waals surface area contributed by atoms with Crippen LogP contribution in [0.1, 0.15) is 88.8 Å². The number of carbonyl (C=O) groups excluding carboxylic acids is 3. The molecular weight excluding hydrogens is 933 g/mol. The molecule has 4 atom stereocenters. The molecule has 0 unspecified atom stereocenters. The van der Waals surface area contributed by atoms with E-state index in [1.807, 2.05) is 54.6 Å². The fraction of sp³-hybridized carbons (Fsp3) is 0.385. The van der Waals surface area contributed by atoms with Crippen LogP contribution in [0.3, 0.4) is 0 Å². The number of pyridine rings is 1. The van der Waals surface area contributed by atoms with Gasteiger partial charge in [-0.3, -0.25) is 9.69 Å². The molecule has 1 aliphatic carbocycles. The topological polar surface area (TPSA) is 143 Å². The molecule has 69 heavy (non-hydrogen) atoms. The molecule has 2 bridgehead atoms. The van der Waals surface area contributed by atoms with Crippen LogP contribution in [0.25, 0.3) is 0 Å². The summed E-state index contributed by atoms with van der Waals surface area (Å²) >= 11 is 12.9. The van der Waals surface area contributed by atoms with Crippen molar-refractivity contribution >= 4 is 41.2 Å². The molecule has 0 radical (unpaired) electrons. The monoisotopic (exact) mass is 984 g/mol. The molecule has 4 saturated heterocycles. The number of hydrogen-bond donors (Lipinski definition) is 1. The minimum atomic E-state index is -3.10. The number of nitrogens with zero attached hydrogens (tertiary/aromatic N) is 3. The molecule has 1 N–H and O–H groups in total. The third kappa shape index (κ3) is 12.0. The van der Waals surface area contributed by atoms with Gasteiger partial charge in [0.25, 0.3) is 5.91 Å². The quantitative estimate of drug-likeness (QED) is 0.0513. The van der Waals surface area contributed by atoms with E-state index in [4.69, 9.17) is 46.9 Å². The standard InChI is InChI=1S/C52H52Cl2F2N4O9/c53-41-27-59(64)28-42(54)40(41)26-45(37-17-18-44(68-51(55)56)46(25-37)66-31-32-11-12-32)67-50(62)43-10-5-21-60(43)49(61)36-15-13-33(14-16-36)30-65-39-9-4-8-38(24-39)48(35-6-2-1-3-7-35)57-52(63)69-47-29-58-22-19-34(47)20-23-58/h1-4,6-9,13-18,24-25,27-28,32,34,43,45,47-48,51H,5,10-12,19-23,26,29-31H2,(H,57,63)/t43-,45-,47+,48-/m0/s1. The maximum Gasteiger partial charge on any atom is 0.408 e. The molecule has 4 aliphatic heterocycles. The predicted octanol–water partition coefficient (Wildman–Crippen LogP) is 9.64. The maximum absolute atomic E-state index is 14.2. The molecule has 5 aromatic rings. The summed E-state index contributed by atoms with van der Waals surface area (Å²) in [5.41, 5.74) is 3.56. The van der Waals surface area contributed by atoms with Crippen molar-refractivity contribution in [3.63, 3.8) is 0 Å². The highest BCUT2D eigenvalue weighted by Gasteiger charge is 2.39. The number of nitrogens with one attached hydrogen (secondary N) is 1. The molecule has 1 saturated carbocycles. The number of rotatable bonds is 18. The number of amides is 2. The van der Waals surface area contributed by atoms with Gasteiger partial charge in [-0.2, -0.15) is 13.5 Å². The summed E-state index contributed by atoms with van der Waals surface area (Å²) in [6.07, 6.45) is 5.34. The second kappa shape index (κ2) is 21.6. The Morgan fingerprint density at radius 2 is 1.54 bits per heavy atom. The second-order valence-corrected chi connectivity index (χ2v) is 18.9. The van der Waals surface area contributed by atoms with Gasteiger partial charge in [0.1, 0.15) is 40.7 Å². The highest BCUT2D eigenvalue weighted by Crippen LogP contribution is 2.39. The van der Waals surface area contributed by atoms with Crippen molar-refractivity contribution in [2.75, 3.05) is 32.8 Å². The highest BCUT2D eigenvalue weighted by atomic mass is 35.5. The summed E-state index contributed by atoms with van der Waals surface area (Å²) in [6, 6.07) is 27.1. The van der Waals surface area contributed by atoms with E-state index < -0.39 is 36.9 Å². The second-order valence-electron chi connectivity index (χ2n) is 18.0. The molecule has 13 nitrogen and oxygen atoms in total. The van der Waals surface area contributed by atoms with E-state index in [0.717, 1.165) is 74.4 Å². The first-order valence-electron chi connectivity index (χ1n) is 23.3. The smallest absolute Gasteiger partial charge is 0.408 e. The third-order valence-corrected chi connectivity index (χ3v) is 13.9.